The van der Waals surface area contributed by atoms with Gasteiger partial charge in [-0.1, -0.05) is 13.8 Å². The number of methoxy groups -OCH3 is 3. The molecule has 0 atom stereocenters. The standard InChI is InChI=1S/C13H20O3S/c1-13(2,17)8-9-6-10(14-3)12(16-5)11(7-9)15-4/h6-7,17H,8H2,1-5H3. The van der Waals surface area contributed by atoms with Crippen LogP contribution in [0.3, 0.4) is 0 Å². The fourth-order valence-corrected chi connectivity index (χ4v) is 1.92. The second-order valence-electron chi connectivity index (χ2n) is 4.52. The van der Waals surface area contributed by atoms with Crippen LogP contribution in [-0.4, -0.2) is 26.1 Å². The maximum absolute atomic E-state index is 5.30. The van der Waals surface area contributed by atoms with Gasteiger partial charge in [0.2, 0.25) is 5.75 Å². The summed E-state index contributed by atoms with van der Waals surface area (Å²) in [7, 11) is 4.84. The monoisotopic (exact) mass is 256 g/mol. The average molecular weight is 256 g/mol. The van der Waals surface area contributed by atoms with Crippen molar-refractivity contribution in [3.05, 3.63) is 17.7 Å². The highest BCUT2D eigenvalue weighted by Crippen LogP contribution is 2.39. The van der Waals surface area contributed by atoms with Crippen molar-refractivity contribution in [3.8, 4) is 17.2 Å². The maximum Gasteiger partial charge on any atom is 0.203 e. The molecule has 4 heteroatoms. The van der Waals surface area contributed by atoms with Crippen LogP contribution in [0, 0.1) is 0 Å². The molecule has 0 saturated carbocycles. The van der Waals surface area contributed by atoms with Gasteiger partial charge < -0.3 is 14.2 Å². The lowest BCUT2D eigenvalue weighted by Gasteiger charge is -2.19. The van der Waals surface area contributed by atoms with Crippen LogP contribution in [0.2, 0.25) is 0 Å². The largest absolute Gasteiger partial charge is 0.493 e. The van der Waals surface area contributed by atoms with Gasteiger partial charge in [0.25, 0.3) is 0 Å². The van der Waals surface area contributed by atoms with Gasteiger partial charge in [-0.2, -0.15) is 12.6 Å². The number of rotatable bonds is 5. The van der Waals surface area contributed by atoms with E-state index in [9.17, 15) is 0 Å². The van der Waals surface area contributed by atoms with Gasteiger partial charge in [-0.25, -0.2) is 0 Å². The molecule has 0 heterocycles. The normalized spacial score (nSPS) is 11.2. The van der Waals surface area contributed by atoms with Gasteiger partial charge in [0.1, 0.15) is 0 Å². The van der Waals surface area contributed by atoms with E-state index in [0.717, 1.165) is 12.0 Å². The molecular weight excluding hydrogens is 236 g/mol. The van der Waals surface area contributed by atoms with Crippen molar-refractivity contribution in [1.82, 2.24) is 0 Å². The Kier molecular flexibility index (Phi) is 4.57. The van der Waals surface area contributed by atoms with Gasteiger partial charge in [-0.05, 0) is 24.1 Å². The van der Waals surface area contributed by atoms with Gasteiger partial charge in [0, 0.05) is 4.75 Å². The Balaban J connectivity index is 3.18. The first-order valence-electron chi connectivity index (χ1n) is 5.42. The summed E-state index contributed by atoms with van der Waals surface area (Å²) in [5, 5.41) is 0. The molecule has 96 valence electrons. The molecule has 0 unspecified atom stereocenters. The third kappa shape index (κ3) is 3.73. The van der Waals surface area contributed by atoms with E-state index in [1.165, 1.54) is 0 Å². The van der Waals surface area contributed by atoms with Crippen molar-refractivity contribution >= 4 is 12.6 Å². The lowest BCUT2D eigenvalue weighted by molar-refractivity contribution is 0.323. The molecule has 1 aromatic carbocycles. The maximum atomic E-state index is 5.30. The van der Waals surface area contributed by atoms with Crippen molar-refractivity contribution in [1.29, 1.82) is 0 Å². The number of hydrogen-bond acceptors (Lipinski definition) is 4. The third-order valence-corrected chi connectivity index (χ3v) is 2.52. The Bertz CT molecular complexity index is 358. The summed E-state index contributed by atoms with van der Waals surface area (Å²) in [4.78, 5) is 0. The fourth-order valence-electron chi connectivity index (χ4n) is 1.74. The Labute approximate surface area is 108 Å². The predicted molar refractivity (Wildman–Crippen MR) is 72.9 cm³/mol. The highest BCUT2D eigenvalue weighted by molar-refractivity contribution is 7.81. The van der Waals surface area contributed by atoms with E-state index in [2.05, 4.69) is 26.5 Å². The molecule has 0 aliphatic carbocycles. The van der Waals surface area contributed by atoms with E-state index < -0.39 is 0 Å². The second kappa shape index (κ2) is 5.54. The minimum atomic E-state index is -0.0788. The molecular formula is C13H20O3S. The van der Waals surface area contributed by atoms with Crippen LogP contribution >= 0.6 is 12.6 Å². The number of hydrogen-bond donors (Lipinski definition) is 1. The van der Waals surface area contributed by atoms with E-state index in [-0.39, 0.29) is 4.75 Å². The zero-order valence-corrected chi connectivity index (χ0v) is 11.9. The van der Waals surface area contributed by atoms with Crippen LogP contribution in [0.15, 0.2) is 12.1 Å². The Morgan fingerprint density at radius 1 is 1.00 bits per heavy atom. The van der Waals surface area contributed by atoms with Crippen LogP contribution in [-0.2, 0) is 6.42 Å². The summed E-state index contributed by atoms with van der Waals surface area (Å²) in [6.45, 7) is 4.14. The van der Waals surface area contributed by atoms with Gasteiger partial charge in [-0.3, -0.25) is 0 Å². The Hall–Kier alpha value is -1.03. The van der Waals surface area contributed by atoms with E-state index in [1.807, 2.05) is 12.1 Å². The average Bonchev–Trinajstić information content (AvgIpc) is 2.25. The highest BCUT2D eigenvalue weighted by atomic mass is 32.1. The van der Waals surface area contributed by atoms with Crippen LogP contribution in [0.4, 0.5) is 0 Å². The van der Waals surface area contributed by atoms with Gasteiger partial charge in [0.15, 0.2) is 11.5 Å². The molecule has 0 bridgehead atoms. The quantitative estimate of drug-likeness (QED) is 0.821. The molecule has 0 aromatic heterocycles. The minimum absolute atomic E-state index is 0.0788. The molecule has 0 spiro atoms. The summed E-state index contributed by atoms with van der Waals surface area (Å²) in [6, 6.07) is 3.92. The fraction of sp³-hybridized carbons (Fsp3) is 0.538. The molecule has 0 fully saturated rings. The lowest BCUT2D eigenvalue weighted by atomic mass is 10.0. The molecule has 0 aliphatic rings. The van der Waals surface area contributed by atoms with Gasteiger partial charge in [-0.15, -0.1) is 0 Å². The van der Waals surface area contributed by atoms with Crippen LogP contribution in [0.5, 0.6) is 17.2 Å². The van der Waals surface area contributed by atoms with Crippen molar-refractivity contribution in [3.63, 3.8) is 0 Å². The lowest BCUT2D eigenvalue weighted by Crippen LogP contribution is -2.14. The SMILES string of the molecule is COc1cc(CC(C)(C)S)cc(OC)c1OC. The first-order valence-corrected chi connectivity index (χ1v) is 5.87. The first kappa shape index (κ1) is 14.0. The smallest absolute Gasteiger partial charge is 0.203 e. The molecule has 0 aliphatic heterocycles. The predicted octanol–water partition coefficient (Wildman–Crippen LogP) is 2.96. The Morgan fingerprint density at radius 3 is 1.76 bits per heavy atom. The summed E-state index contributed by atoms with van der Waals surface area (Å²) in [5.41, 5.74) is 1.11. The molecule has 1 aromatic rings. The van der Waals surface area contributed by atoms with Crippen molar-refractivity contribution in [2.24, 2.45) is 0 Å². The number of thiol groups is 1. The first-order chi connectivity index (χ1) is 7.91. The molecule has 1 rings (SSSR count). The molecule has 0 N–H and O–H groups in total. The van der Waals surface area contributed by atoms with Crippen molar-refractivity contribution in [2.45, 2.75) is 25.0 Å². The third-order valence-electron chi connectivity index (χ3n) is 2.36. The van der Waals surface area contributed by atoms with Crippen LogP contribution < -0.4 is 14.2 Å². The topological polar surface area (TPSA) is 27.7 Å². The molecule has 3 nitrogen and oxygen atoms in total. The van der Waals surface area contributed by atoms with Crippen molar-refractivity contribution in [2.75, 3.05) is 21.3 Å². The number of benzene rings is 1. The van der Waals surface area contributed by atoms with Crippen molar-refractivity contribution < 1.29 is 14.2 Å². The summed E-state index contributed by atoms with van der Waals surface area (Å²) in [6.07, 6.45) is 0.826. The van der Waals surface area contributed by atoms with Crippen LogP contribution in [0.25, 0.3) is 0 Å². The summed E-state index contributed by atoms with van der Waals surface area (Å²) in [5.74, 6) is 1.98. The molecule has 17 heavy (non-hydrogen) atoms. The van der Waals surface area contributed by atoms with E-state index in [0.29, 0.717) is 17.2 Å². The summed E-state index contributed by atoms with van der Waals surface area (Å²) < 4.78 is 15.8. The number of ether oxygens (including phenoxy) is 3. The second-order valence-corrected chi connectivity index (χ2v) is 5.73. The molecule has 0 radical (unpaired) electrons. The van der Waals surface area contributed by atoms with Crippen LogP contribution in [0.1, 0.15) is 19.4 Å². The molecule has 0 amide bonds. The Morgan fingerprint density at radius 2 is 1.47 bits per heavy atom. The van der Waals surface area contributed by atoms with Gasteiger partial charge in [0.05, 0.1) is 21.3 Å². The zero-order chi connectivity index (χ0) is 13.1. The highest BCUT2D eigenvalue weighted by Gasteiger charge is 2.17. The van der Waals surface area contributed by atoms with Gasteiger partial charge >= 0.3 is 0 Å². The molecule has 0 saturated heterocycles. The summed E-state index contributed by atoms with van der Waals surface area (Å²) >= 11 is 4.53. The van der Waals surface area contributed by atoms with E-state index in [4.69, 9.17) is 14.2 Å². The van der Waals surface area contributed by atoms with E-state index >= 15 is 0 Å². The minimum Gasteiger partial charge on any atom is -0.493 e. The van der Waals surface area contributed by atoms with E-state index in [1.54, 1.807) is 21.3 Å². The zero-order valence-electron chi connectivity index (χ0n) is 11.0.